The molecule has 5 heteroatoms. The lowest BCUT2D eigenvalue weighted by Crippen LogP contribution is -2.50. The first-order valence-corrected chi connectivity index (χ1v) is 12.8. The van der Waals surface area contributed by atoms with Crippen molar-refractivity contribution in [2.24, 2.45) is 34.5 Å². The third kappa shape index (κ3) is 3.88. The molecule has 1 aromatic rings. The molecule has 5 rings (SSSR count). The number of aliphatic hydroxyl groups excluding tert-OH is 1. The Morgan fingerprint density at radius 1 is 1.03 bits per heavy atom. The first-order valence-electron chi connectivity index (χ1n) is 12.8. The lowest BCUT2D eigenvalue weighted by atomic mass is 9.47. The van der Waals surface area contributed by atoms with Crippen molar-refractivity contribution in [3.8, 4) is 0 Å². The minimum Gasteiger partial charge on any atom is -0.393 e. The summed E-state index contributed by atoms with van der Waals surface area (Å²) in [6.07, 6.45) is 9.09. The van der Waals surface area contributed by atoms with Gasteiger partial charge in [-0.15, -0.1) is 0 Å². The summed E-state index contributed by atoms with van der Waals surface area (Å²) in [5, 5.41) is 10.2. The van der Waals surface area contributed by atoms with Gasteiger partial charge in [0.1, 0.15) is 0 Å². The fraction of sp³-hybridized carbons (Fsp3) is 0.621. The van der Waals surface area contributed by atoms with E-state index in [1.54, 1.807) is 12.2 Å². The van der Waals surface area contributed by atoms with Gasteiger partial charge in [-0.05, 0) is 104 Å². The van der Waals surface area contributed by atoms with E-state index in [0.717, 1.165) is 63.5 Å². The zero-order chi connectivity index (χ0) is 24.3. The van der Waals surface area contributed by atoms with Crippen molar-refractivity contribution in [1.82, 2.24) is 0 Å². The molecule has 0 aliphatic heterocycles. The summed E-state index contributed by atoms with van der Waals surface area (Å²) in [5.41, 5.74) is 1.57. The summed E-state index contributed by atoms with van der Waals surface area (Å²) in [6.45, 7) is 4.72. The van der Waals surface area contributed by atoms with E-state index >= 15 is 0 Å². The van der Waals surface area contributed by atoms with Gasteiger partial charge < -0.3 is 5.11 Å². The Hall–Kier alpha value is -1.88. The molecule has 0 heterocycles. The summed E-state index contributed by atoms with van der Waals surface area (Å²) in [6, 6.07) is 4.97. The molecular formula is C29H35F3O2. The van der Waals surface area contributed by atoms with Crippen LogP contribution in [0.15, 0.2) is 42.0 Å². The summed E-state index contributed by atoms with van der Waals surface area (Å²) in [7, 11) is 0. The molecule has 0 aromatic heterocycles. The number of halogens is 3. The first kappa shape index (κ1) is 23.8. The van der Waals surface area contributed by atoms with Crippen molar-refractivity contribution in [1.29, 1.82) is 0 Å². The maximum atomic E-state index is 13.3. The van der Waals surface area contributed by atoms with Gasteiger partial charge in [0, 0.05) is 5.92 Å². The van der Waals surface area contributed by atoms with Gasteiger partial charge in [-0.3, -0.25) is 4.79 Å². The summed E-state index contributed by atoms with van der Waals surface area (Å²) in [5.74, 6) is 1.85. The second kappa shape index (κ2) is 8.36. The maximum absolute atomic E-state index is 13.3. The second-order valence-corrected chi connectivity index (χ2v) is 11.7. The van der Waals surface area contributed by atoms with Crippen molar-refractivity contribution in [2.45, 2.75) is 77.5 Å². The van der Waals surface area contributed by atoms with Crippen molar-refractivity contribution < 1.29 is 23.1 Å². The fourth-order valence-corrected chi connectivity index (χ4v) is 8.19. The number of carbonyl (C=O) groups is 1. The van der Waals surface area contributed by atoms with Crippen LogP contribution in [0, 0.1) is 34.5 Å². The van der Waals surface area contributed by atoms with Gasteiger partial charge >= 0.3 is 6.18 Å². The van der Waals surface area contributed by atoms with Crippen LogP contribution < -0.4 is 0 Å². The van der Waals surface area contributed by atoms with Gasteiger partial charge in [0.2, 0.25) is 0 Å². The molecule has 3 fully saturated rings. The lowest BCUT2D eigenvalue weighted by molar-refractivity contribution is -0.137. The van der Waals surface area contributed by atoms with Crippen LogP contribution in [0.2, 0.25) is 0 Å². The SMILES string of the molecule is C[C@]12CCC3C(CC=C4C[C@@H](O)CC[C@@]43C)C1CCC2C(=O)/C=C/c1ccc(C(F)(F)F)cc1. The molecule has 0 spiro atoms. The van der Waals surface area contributed by atoms with Crippen LogP contribution in [-0.4, -0.2) is 17.0 Å². The Morgan fingerprint density at radius 3 is 2.47 bits per heavy atom. The number of alkyl halides is 3. The van der Waals surface area contributed by atoms with Crippen LogP contribution in [0.1, 0.15) is 76.3 Å². The average Bonchev–Trinajstić information content (AvgIpc) is 3.15. The number of carbonyl (C=O) groups excluding carboxylic acids is 1. The summed E-state index contributed by atoms with van der Waals surface area (Å²) >= 11 is 0. The van der Waals surface area contributed by atoms with E-state index in [-0.39, 0.29) is 28.6 Å². The Bertz CT molecular complexity index is 1010. The van der Waals surface area contributed by atoms with Crippen molar-refractivity contribution in [3.63, 3.8) is 0 Å². The van der Waals surface area contributed by atoms with E-state index in [1.165, 1.54) is 17.7 Å². The van der Waals surface area contributed by atoms with E-state index in [9.17, 15) is 23.1 Å². The number of hydrogen-bond donors (Lipinski definition) is 1. The number of hydrogen-bond acceptors (Lipinski definition) is 2. The molecule has 0 radical (unpaired) electrons. The summed E-state index contributed by atoms with van der Waals surface area (Å²) in [4.78, 5) is 13.3. The van der Waals surface area contributed by atoms with Crippen LogP contribution in [0.5, 0.6) is 0 Å². The Labute approximate surface area is 200 Å². The number of fused-ring (bicyclic) bond motifs is 5. The first-order chi connectivity index (χ1) is 16.0. The van der Waals surface area contributed by atoms with Gasteiger partial charge in [-0.25, -0.2) is 0 Å². The highest BCUT2D eigenvalue weighted by atomic mass is 19.4. The van der Waals surface area contributed by atoms with Crippen LogP contribution >= 0.6 is 0 Å². The molecule has 1 aromatic carbocycles. The number of benzene rings is 1. The molecule has 7 atom stereocenters. The van der Waals surface area contributed by atoms with Crippen LogP contribution in [-0.2, 0) is 11.0 Å². The number of allylic oxidation sites excluding steroid dienone is 2. The third-order valence-corrected chi connectivity index (χ3v) is 10.1. The Kier molecular flexibility index (Phi) is 5.86. The highest BCUT2D eigenvalue weighted by Gasteiger charge is 2.59. The molecule has 1 N–H and O–H groups in total. The average molecular weight is 473 g/mol. The molecule has 4 aliphatic rings. The molecule has 0 bridgehead atoms. The van der Waals surface area contributed by atoms with Gasteiger partial charge in [0.15, 0.2) is 5.78 Å². The van der Waals surface area contributed by atoms with Crippen LogP contribution in [0.4, 0.5) is 13.2 Å². The van der Waals surface area contributed by atoms with Crippen molar-refractivity contribution >= 4 is 11.9 Å². The predicted octanol–water partition coefficient (Wildman–Crippen LogP) is 7.23. The Balaban J connectivity index is 1.31. The van der Waals surface area contributed by atoms with Crippen LogP contribution in [0.25, 0.3) is 6.08 Å². The molecule has 4 aliphatic carbocycles. The largest absolute Gasteiger partial charge is 0.416 e. The smallest absolute Gasteiger partial charge is 0.393 e. The quantitative estimate of drug-likeness (QED) is 0.372. The van der Waals surface area contributed by atoms with Crippen molar-refractivity contribution in [2.75, 3.05) is 0 Å². The minimum absolute atomic E-state index is 0.0153. The molecule has 0 amide bonds. The maximum Gasteiger partial charge on any atom is 0.416 e. The van der Waals surface area contributed by atoms with E-state index in [2.05, 4.69) is 19.9 Å². The number of ketones is 1. The topological polar surface area (TPSA) is 37.3 Å². The molecule has 0 saturated heterocycles. The molecule has 184 valence electrons. The number of aliphatic hydroxyl groups is 1. The predicted molar refractivity (Wildman–Crippen MR) is 127 cm³/mol. The molecule has 4 unspecified atom stereocenters. The van der Waals surface area contributed by atoms with Gasteiger partial charge in [0.05, 0.1) is 11.7 Å². The highest BCUT2D eigenvalue weighted by molar-refractivity contribution is 5.96. The standard InChI is InChI=1S/C29H35F3O2/c1-27-15-13-21(33)17-20(27)8-9-22-23-10-11-25(28(23,2)16-14-24(22)27)26(34)12-5-18-3-6-19(7-4-18)29(30,31)32/h3-8,12,21-25,33H,9-11,13-17H2,1-2H3/b12-5+/t21-,22?,23?,24?,25?,27-,28-/m0/s1. The van der Waals surface area contributed by atoms with E-state index in [1.807, 2.05) is 0 Å². The molecule has 34 heavy (non-hydrogen) atoms. The number of rotatable bonds is 3. The van der Waals surface area contributed by atoms with E-state index < -0.39 is 11.7 Å². The van der Waals surface area contributed by atoms with Gasteiger partial charge in [-0.2, -0.15) is 13.2 Å². The fourth-order valence-electron chi connectivity index (χ4n) is 8.19. The van der Waals surface area contributed by atoms with Crippen molar-refractivity contribution in [3.05, 3.63) is 53.1 Å². The minimum atomic E-state index is -4.35. The van der Waals surface area contributed by atoms with E-state index in [0.29, 0.717) is 23.3 Å². The monoisotopic (exact) mass is 472 g/mol. The van der Waals surface area contributed by atoms with E-state index in [4.69, 9.17) is 0 Å². The zero-order valence-electron chi connectivity index (χ0n) is 20.1. The normalized spacial score (nSPS) is 39.8. The molecule has 2 nitrogen and oxygen atoms in total. The van der Waals surface area contributed by atoms with Gasteiger partial charge in [0.25, 0.3) is 0 Å². The molecular weight excluding hydrogens is 437 g/mol. The molecule has 3 saturated carbocycles. The lowest BCUT2D eigenvalue weighted by Gasteiger charge is -2.57. The zero-order valence-corrected chi connectivity index (χ0v) is 20.1. The van der Waals surface area contributed by atoms with Crippen LogP contribution in [0.3, 0.4) is 0 Å². The highest BCUT2D eigenvalue weighted by Crippen LogP contribution is 2.66. The van der Waals surface area contributed by atoms with Gasteiger partial charge in [-0.1, -0.05) is 43.7 Å². The second-order valence-electron chi connectivity index (χ2n) is 11.7. The third-order valence-electron chi connectivity index (χ3n) is 10.1. The Morgan fingerprint density at radius 2 is 1.76 bits per heavy atom. The summed E-state index contributed by atoms with van der Waals surface area (Å²) < 4.78 is 38.4.